The molecule has 146 valence electrons. The van der Waals surface area contributed by atoms with E-state index < -0.39 is 5.91 Å². The van der Waals surface area contributed by atoms with Gasteiger partial charge in [0.15, 0.2) is 4.80 Å². The topological polar surface area (TPSA) is 72.7 Å². The van der Waals surface area contributed by atoms with Crippen molar-refractivity contribution < 1.29 is 14.3 Å². The van der Waals surface area contributed by atoms with Gasteiger partial charge in [-0.15, -0.1) is 0 Å². The van der Waals surface area contributed by atoms with Crippen LogP contribution in [-0.2, 0) is 16.1 Å². The molecule has 2 aromatic carbocycles. The number of nitrogens with zero attached hydrogens (tertiary/aromatic N) is 2. The van der Waals surface area contributed by atoms with E-state index in [-0.39, 0.29) is 16.5 Å². The third-order valence-electron chi connectivity index (χ3n) is 3.88. The van der Waals surface area contributed by atoms with Crippen molar-refractivity contribution in [1.29, 1.82) is 0 Å². The van der Waals surface area contributed by atoms with Crippen molar-refractivity contribution in [3.63, 3.8) is 0 Å². The van der Waals surface area contributed by atoms with Gasteiger partial charge in [-0.2, -0.15) is 4.99 Å². The van der Waals surface area contributed by atoms with Gasteiger partial charge in [-0.3, -0.25) is 9.59 Å². The minimum atomic E-state index is -0.457. The summed E-state index contributed by atoms with van der Waals surface area (Å²) in [6, 6.07) is 10.2. The highest BCUT2D eigenvalue weighted by atomic mass is 35.5. The number of anilines is 1. The summed E-state index contributed by atoms with van der Waals surface area (Å²) in [5, 5.41) is 3.45. The second kappa shape index (κ2) is 8.87. The average Bonchev–Trinajstić information content (AvgIpc) is 2.95. The summed E-state index contributed by atoms with van der Waals surface area (Å²) in [7, 11) is 1.61. The zero-order chi connectivity index (χ0) is 20.3. The van der Waals surface area contributed by atoms with Crippen molar-refractivity contribution in [3.8, 4) is 0 Å². The molecular formula is C19H17Cl2N3O3S. The summed E-state index contributed by atoms with van der Waals surface area (Å²) < 4.78 is 7.97. The Bertz CT molecular complexity index is 1120. The molecule has 1 N–H and O–H groups in total. The maximum absolute atomic E-state index is 12.7. The number of hydrogen-bond donors (Lipinski definition) is 1. The quantitative estimate of drug-likeness (QED) is 0.644. The zero-order valence-electron chi connectivity index (χ0n) is 15.2. The van der Waals surface area contributed by atoms with Gasteiger partial charge in [0, 0.05) is 31.3 Å². The monoisotopic (exact) mass is 437 g/mol. The van der Waals surface area contributed by atoms with Gasteiger partial charge in [0.25, 0.3) is 5.91 Å². The lowest BCUT2D eigenvalue weighted by Gasteiger charge is -2.06. The summed E-state index contributed by atoms with van der Waals surface area (Å²) in [6.45, 7) is 2.44. The number of benzene rings is 2. The smallest absolute Gasteiger partial charge is 0.281 e. The van der Waals surface area contributed by atoms with Crippen LogP contribution in [0.15, 0.2) is 41.4 Å². The molecule has 0 saturated carbocycles. The lowest BCUT2D eigenvalue weighted by atomic mass is 10.2. The van der Waals surface area contributed by atoms with Gasteiger partial charge in [0.2, 0.25) is 5.91 Å². The Morgan fingerprint density at radius 2 is 2.00 bits per heavy atom. The molecule has 3 aromatic rings. The first-order valence-corrected chi connectivity index (χ1v) is 9.90. The van der Waals surface area contributed by atoms with E-state index in [0.29, 0.717) is 28.7 Å². The van der Waals surface area contributed by atoms with Crippen molar-refractivity contribution in [2.45, 2.75) is 13.5 Å². The molecule has 0 saturated heterocycles. The molecule has 0 aliphatic rings. The second-order valence-corrected chi connectivity index (χ2v) is 7.79. The van der Waals surface area contributed by atoms with E-state index in [1.165, 1.54) is 24.3 Å². The molecule has 0 radical (unpaired) electrons. The van der Waals surface area contributed by atoms with E-state index in [9.17, 15) is 9.59 Å². The van der Waals surface area contributed by atoms with Crippen molar-refractivity contribution in [3.05, 3.63) is 56.8 Å². The maximum Gasteiger partial charge on any atom is 0.281 e. The Hall–Kier alpha value is -2.19. The number of hydrogen-bond acceptors (Lipinski definition) is 4. The number of halogens is 2. The highest BCUT2D eigenvalue weighted by Crippen LogP contribution is 2.24. The standard InChI is InChI=1S/C19H17Cl2N3O3S/c1-11(25)22-13-4-6-16-17(10-13)28-19(24(16)7-8-27-2)23-18(26)14-5-3-12(20)9-15(14)21/h3-6,9-10H,7-8H2,1-2H3,(H,22,25). The lowest BCUT2D eigenvalue weighted by molar-refractivity contribution is -0.114. The molecular weight excluding hydrogens is 421 g/mol. The Morgan fingerprint density at radius 3 is 2.68 bits per heavy atom. The van der Waals surface area contributed by atoms with E-state index in [4.69, 9.17) is 27.9 Å². The fourth-order valence-electron chi connectivity index (χ4n) is 2.65. The van der Waals surface area contributed by atoms with Crippen LogP contribution in [0.4, 0.5) is 5.69 Å². The van der Waals surface area contributed by atoms with E-state index in [2.05, 4.69) is 10.3 Å². The molecule has 0 unspecified atom stereocenters. The minimum Gasteiger partial charge on any atom is -0.383 e. The average molecular weight is 438 g/mol. The van der Waals surface area contributed by atoms with E-state index in [0.717, 1.165) is 10.2 Å². The second-order valence-electron chi connectivity index (χ2n) is 5.93. The van der Waals surface area contributed by atoms with Crippen LogP contribution in [0.5, 0.6) is 0 Å². The third-order valence-corrected chi connectivity index (χ3v) is 5.47. The maximum atomic E-state index is 12.7. The molecule has 6 nitrogen and oxygen atoms in total. The highest BCUT2D eigenvalue weighted by molar-refractivity contribution is 7.16. The summed E-state index contributed by atoms with van der Waals surface area (Å²) in [6.07, 6.45) is 0. The number of rotatable bonds is 5. The molecule has 0 bridgehead atoms. The van der Waals surface area contributed by atoms with Crippen LogP contribution in [0.1, 0.15) is 17.3 Å². The predicted octanol–water partition coefficient (Wildman–Crippen LogP) is 4.36. The van der Waals surface area contributed by atoms with Gasteiger partial charge in [-0.1, -0.05) is 34.5 Å². The van der Waals surface area contributed by atoms with Crippen LogP contribution in [0.3, 0.4) is 0 Å². The summed E-state index contributed by atoms with van der Waals surface area (Å²) in [4.78, 5) is 28.8. The van der Waals surface area contributed by atoms with Crippen molar-refractivity contribution in [2.24, 2.45) is 4.99 Å². The van der Waals surface area contributed by atoms with Gasteiger partial charge >= 0.3 is 0 Å². The number of methoxy groups -OCH3 is 1. The highest BCUT2D eigenvalue weighted by Gasteiger charge is 2.13. The lowest BCUT2D eigenvalue weighted by Crippen LogP contribution is -2.19. The molecule has 2 amide bonds. The van der Waals surface area contributed by atoms with Crippen LogP contribution < -0.4 is 10.1 Å². The van der Waals surface area contributed by atoms with Crippen LogP contribution in [-0.4, -0.2) is 30.1 Å². The molecule has 1 aromatic heterocycles. The molecule has 0 spiro atoms. The Balaban J connectivity index is 2.10. The molecule has 0 aliphatic heterocycles. The van der Waals surface area contributed by atoms with Gasteiger partial charge in [0.1, 0.15) is 0 Å². The van der Waals surface area contributed by atoms with Gasteiger partial charge in [0.05, 0.1) is 27.4 Å². The number of nitrogens with one attached hydrogen (secondary N) is 1. The first-order chi connectivity index (χ1) is 13.4. The van der Waals surface area contributed by atoms with E-state index in [1.807, 2.05) is 16.7 Å². The van der Waals surface area contributed by atoms with Crippen molar-refractivity contribution in [2.75, 3.05) is 19.0 Å². The van der Waals surface area contributed by atoms with Crippen molar-refractivity contribution in [1.82, 2.24) is 4.57 Å². The van der Waals surface area contributed by atoms with Crippen LogP contribution in [0, 0.1) is 0 Å². The van der Waals surface area contributed by atoms with Crippen LogP contribution >= 0.6 is 34.5 Å². The number of carbonyl (C=O) groups is 2. The molecule has 0 atom stereocenters. The predicted molar refractivity (Wildman–Crippen MR) is 112 cm³/mol. The Kier molecular flexibility index (Phi) is 6.51. The summed E-state index contributed by atoms with van der Waals surface area (Å²) >= 11 is 13.4. The number of amides is 2. The Labute approximate surface area is 175 Å². The van der Waals surface area contributed by atoms with Crippen LogP contribution in [0.2, 0.25) is 10.0 Å². The molecule has 9 heteroatoms. The fourth-order valence-corrected chi connectivity index (χ4v) is 4.23. The fraction of sp³-hybridized carbons (Fsp3) is 0.211. The first kappa shape index (κ1) is 20.5. The zero-order valence-corrected chi connectivity index (χ0v) is 17.5. The SMILES string of the molecule is COCCn1c(=NC(=O)c2ccc(Cl)cc2Cl)sc2cc(NC(C)=O)ccc21. The van der Waals surface area contributed by atoms with Gasteiger partial charge < -0.3 is 14.6 Å². The van der Waals surface area contributed by atoms with Gasteiger partial charge in [-0.25, -0.2) is 0 Å². The largest absolute Gasteiger partial charge is 0.383 e. The number of fused-ring (bicyclic) bond motifs is 1. The van der Waals surface area contributed by atoms with Crippen molar-refractivity contribution >= 4 is 62.3 Å². The molecule has 3 rings (SSSR count). The summed E-state index contributed by atoms with van der Waals surface area (Å²) in [5.41, 5.74) is 1.85. The van der Waals surface area contributed by atoms with E-state index >= 15 is 0 Å². The number of aromatic nitrogens is 1. The molecule has 0 aliphatic carbocycles. The number of ether oxygens (including phenoxy) is 1. The number of carbonyl (C=O) groups excluding carboxylic acids is 2. The first-order valence-electron chi connectivity index (χ1n) is 8.33. The molecule has 1 heterocycles. The summed E-state index contributed by atoms with van der Waals surface area (Å²) in [5.74, 6) is -0.609. The number of thiazole rings is 1. The molecule has 28 heavy (non-hydrogen) atoms. The minimum absolute atomic E-state index is 0.152. The normalized spacial score (nSPS) is 11.8. The Morgan fingerprint density at radius 1 is 1.21 bits per heavy atom. The third kappa shape index (κ3) is 4.62. The van der Waals surface area contributed by atoms with Gasteiger partial charge in [-0.05, 0) is 36.4 Å². The molecule has 0 fully saturated rings. The van der Waals surface area contributed by atoms with E-state index in [1.54, 1.807) is 25.3 Å². The van der Waals surface area contributed by atoms with Crippen LogP contribution in [0.25, 0.3) is 10.2 Å².